The zero-order chi connectivity index (χ0) is 35.3. The monoisotopic (exact) mass is 718 g/mol. The second kappa shape index (κ2) is 13.9. The number of allylic oxidation sites excluding steroid dienone is 8. The number of aromatic nitrogens is 4. The van der Waals surface area contributed by atoms with Crippen molar-refractivity contribution in [3.8, 4) is 0 Å². The summed E-state index contributed by atoms with van der Waals surface area (Å²) >= 11 is 0. The van der Waals surface area contributed by atoms with Gasteiger partial charge in [-0.1, -0.05) is 48.6 Å². The van der Waals surface area contributed by atoms with Crippen molar-refractivity contribution in [3.63, 3.8) is 0 Å². The topological polar surface area (TPSA) is 70.3 Å². The fraction of sp³-hybridized carbons (Fsp3) is 0.182. The summed E-state index contributed by atoms with van der Waals surface area (Å²) in [5.41, 5.74) is 12.5. The molecule has 9 heteroatoms. The lowest BCUT2D eigenvalue weighted by molar-refractivity contribution is 0.384. The summed E-state index contributed by atoms with van der Waals surface area (Å²) in [6.07, 6.45) is 38.9. The molecule has 0 radical (unpaired) electrons. The molecule has 4 unspecified atom stereocenters. The Labute approximate surface area is 316 Å². The van der Waals surface area contributed by atoms with Crippen LogP contribution in [0.1, 0.15) is 46.0 Å². The van der Waals surface area contributed by atoms with Gasteiger partial charge in [-0.2, -0.15) is 0 Å². The van der Waals surface area contributed by atoms with Crippen LogP contribution in [-0.4, -0.2) is 79.8 Å². The van der Waals surface area contributed by atoms with Gasteiger partial charge in [-0.25, -0.2) is 9.97 Å². The third-order valence-corrected chi connectivity index (χ3v) is 10.6. The van der Waals surface area contributed by atoms with Crippen molar-refractivity contribution in [3.05, 3.63) is 168 Å². The lowest BCUT2D eigenvalue weighted by Crippen LogP contribution is -2.33. The van der Waals surface area contributed by atoms with Crippen LogP contribution >= 0.6 is 12.4 Å². The number of H-pyrrole nitrogens is 2. The van der Waals surface area contributed by atoms with E-state index < -0.39 is 0 Å². The highest BCUT2D eigenvalue weighted by molar-refractivity contribution is 6.00. The molecule has 3 aromatic rings. The van der Waals surface area contributed by atoms with Gasteiger partial charge in [0.15, 0.2) is 0 Å². The molecule has 9 heterocycles. The molecule has 8 nitrogen and oxygen atoms in total. The SMILES string of the molecule is CN1C=CC=CC1C1=C(C2C=CC=CN2C)c2nc1cc1nc(cc3ccc(cc4cc(C5C=CC=CN5C)c([nH]4)c2C2C=CC=CN2C)[nH]3)C=C1.Cl. The normalized spacial score (nSPS) is 22.8. The maximum atomic E-state index is 5.76. The molecule has 2 N–H and O–H groups in total. The van der Waals surface area contributed by atoms with E-state index in [9.17, 15) is 0 Å². The minimum Gasteiger partial charge on any atom is -0.370 e. The summed E-state index contributed by atoms with van der Waals surface area (Å²) < 4.78 is 0. The van der Waals surface area contributed by atoms with Gasteiger partial charge in [0.25, 0.3) is 0 Å². The van der Waals surface area contributed by atoms with Crippen LogP contribution in [0.2, 0.25) is 0 Å². The van der Waals surface area contributed by atoms with Crippen molar-refractivity contribution < 1.29 is 0 Å². The third-order valence-electron chi connectivity index (χ3n) is 10.6. The molecule has 8 bridgehead atoms. The van der Waals surface area contributed by atoms with E-state index in [0.29, 0.717) is 0 Å². The highest BCUT2D eigenvalue weighted by Crippen LogP contribution is 2.45. The molecular weight excluding hydrogens is 676 g/mol. The largest absolute Gasteiger partial charge is 0.370 e. The fourth-order valence-electron chi connectivity index (χ4n) is 8.04. The summed E-state index contributed by atoms with van der Waals surface area (Å²) in [4.78, 5) is 27.5. The minimum atomic E-state index is -0.0970. The number of rotatable bonds is 4. The molecular formula is C44H43ClN8. The third kappa shape index (κ3) is 6.19. The van der Waals surface area contributed by atoms with Crippen LogP contribution in [0.3, 0.4) is 0 Å². The van der Waals surface area contributed by atoms with Crippen molar-refractivity contribution in [2.45, 2.75) is 24.2 Å². The van der Waals surface area contributed by atoms with Gasteiger partial charge in [0.1, 0.15) is 0 Å². The second-order valence-corrected chi connectivity index (χ2v) is 14.1. The summed E-state index contributed by atoms with van der Waals surface area (Å²) in [6.45, 7) is 0. The molecule has 0 amide bonds. The highest BCUT2D eigenvalue weighted by Gasteiger charge is 2.37. The van der Waals surface area contributed by atoms with E-state index >= 15 is 0 Å². The van der Waals surface area contributed by atoms with Crippen molar-refractivity contribution >= 4 is 57.8 Å². The molecule has 6 aliphatic heterocycles. The maximum absolute atomic E-state index is 5.76. The number of hydrogen-bond donors (Lipinski definition) is 2. The summed E-state index contributed by atoms with van der Waals surface area (Å²) in [5, 5.41) is 0. The fourth-order valence-corrected chi connectivity index (χ4v) is 8.04. The summed E-state index contributed by atoms with van der Waals surface area (Å²) in [7, 11) is 8.61. The van der Waals surface area contributed by atoms with Gasteiger partial charge in [0, 0.05) is 67.0 Å². The molecule has 0 aromatic carbocycles. The van der Waals surface area contributed by atoms with E-state index in [1.54, 1.807) is 0 Å². The molecule has 0 fully saturated rings. The smallest absolute Gasteiger partial charge is 0.0774 e. The quantitative estimate of drug-likeness (QED) is 0.220. The van der Waals surface area contributed by atoms with E-state index in [0.717, 1.165) is 50.4 Å². The van der Waals surface area contributed by atoms with Crippen molar-refractivity contribution in [2.75, 3.05) is 28.2 Å². The number of fused-ring (bicyclic) bond motifs is 8. The average molecular weight is 719 g/mol. The van der Waals surface area contributed by atoms with Crippen LogP contribution < -0.4 is 0 Å². The standard InChI is InChI=1S/C44H42N8.ClH/c1-49-21-9-5-13-36(49)34-27-33-26-31-18-17-29(45-31)25-30-19-20-32(46-30)28-35-40(37-14-6-10-22-50(37)2)41(38-15-7-11-23-51(38)3)44(48-35)42(43(34)47-33)39-16-8-12-24-52(39)4;/h5-28,36-39,45,47H,1-4H3;1H. The van der Waals surface area contributed by atoms with Gasteiger partial charge in [-0.05, 0) is 97.7 Å². The van der Waals surface area contributed by atoms with E-state index in [4.69, 9.17) is 9.97 Å². The van der Waals surface area contributed by atoms with Crippen molar-refractivity contribution in [1.82, 2.24) is 39.5 Å². The molecule has 0 spiro atoms. The Morgan fingerprint density at radius 1 is 0.509 bits per heavy atom. The van der Waals surface area contributed by atoms with Gasteiger partial charge >= 0.3 is 0 Å². The number of halogens is 1. The number of hydrogen-bond acceptors (Lipinski definition) is 6. The summed E-state index contributed by atoms with van der Waals surface area (Å²) in [5.74, 6) is 0. The molecule has 9 rings (SSSR count). The first kappa shape index (κ1) is 34.1. The van der Waals surface area contributed by atoms with Crippen LogP contribution in [-0.2, 0) is 0 Å². The van der Waals surface area contributed by atoms with Crippen LogP contribution in [0.5, 0.6) is 0 Å². The van der Waals surface area contributed by atoms with Gasteiger partial charge in [-0.15, -0.1) is 12.4 Å². The van der Waals surface area contributed by atoms with E-state index in [1.807, 2.05) is 0 Å². The molecule has 4 atom stereocenters. The predicted octanol–water partition coefficient (Wildman–Crippen LogP) is 8.70. The van der Waals surface area contributed by atoms with E-state index in [1.165, 1.54) is 16.7 Å². The zero-order valence-corrected chi connectivity index (χ0v) is 31.1. The lowest BCUT2D eigenvalue weighted by atomic mass is 9.86. The van der Waals surface area contributed by atoms with Gasteiger partial charge in [-0.3, -0.25) is 0 Å². The van der Waals surface area contributed by atoms with Crippen LogP contribution in [0, 0.1) is 0 Å². The van der Waals surface area contributed by atoms with Crippen LogP contribution in [0.25, 0.3) is 45.4 Å². The molecule has 6 aliphatic rings. The Kier molecular flexibility index (Phi) is 8.92. The molecule has 0 aliphatic carbocycles. The van der Waals surface area contributed by atoms with E-state index in [2.05, 4.69) is 204 Å². The maximum Gasteiger partial charge on any atom is 0.0774 e. The Morgan fingerprint density at radius 2 is 1.04 bits per heavy atom. The predicted molar refractivity (Wildman–Crippen MR) is 221 cm³/mol. The Morgan fingerprint density at radius 3 is 1.64 bits per heavy atom. The average Bonchev–Trinajstić information content (AvgIpc) is 3.95. The van der Waals surface area contributed by atoms with Gasteiger partial charge < -0.3 is 29.6 Å². The molecule has 53 heavy (non-hydrogen) atoms. The first-order valence-electron chi connectivity index (χ1n) is 17.9. The van der Waals surface area contributed by atoms with E-state index in [-0.39, 0.29) is 36.6 Å². The van der Waals surface area contributed by atoms with Gasteiger partial charge in [0.2, 0.25) is 0 Å². The zero-order valence-electron chi connectivity index (χ0n) is 30.3. The Bertz CT molecular complexity index is 2430. The molecule has 0 saturated carbocycles. The number of nitrogens with one attached hydrogen (secondary N) is 2. The Hall–Kier alpha value is -5.99. The number of nitrogens with zero attached hydrogens (tertiary/aromatic N) is 6. The van der Waals surface area contributed by atoms with Gasteiger partial charge in [0.05, 0.1) is 52.5 Å². The highest BCUT2D eigenvalue weighted by atomic mass is 35.5. The Balaban J connectivity index is 0.00000400. The van der Waals surface area contributed by atoms with Crippen molar-refractivity contribution in [1.29, 1.82) is 0 Å². The first-order valence-corrected chi connectivity index (χ1v) is 17.9. The molecule has 0 saturated heterocycles. The number of aromatic amines is 2. The molecule has 266 valence electrons. The summed E-state index contributed by atoms with van der Waals surface area (Å²) in [6, 6.07) is 12.8. The first-order chi connectivity index (χ1) is 25.4. The van der Waals surface area contributed by atoms with Crippen molar-refractivity contribution in [2.24, 2.45) is 0 Å². The molecule has 3 aromatic heterocycles. The lowest BCUT2D eigenvalue weighted by Gasteiger charge is -2.34. The van der Waals surface area contributed by atoms with Crippen LogP contribution in [0.4, 0.5) is 0 Å². The second-order valence-electron chi connectivity index (χ2n) is 14.1. The minimum absolute atomic E-state index is 0. The van der Waals surface area contributed by atoms with Crippen LogP contribution in [0.15, 0.2) is 134 Å². The number of likely N-dealkylation sites (N-methyl/N-ethyl adjacent to an activating group) is 4.